The molecule has 5 nitrogen and oxygen atoms in total. The Kier molecular flexibility index (Phi) is 3.52. The molecule has 2 heterocycles. The van der Waals surface area contributed by atoms with Crippen molar-refractivity contribution in [2.24, 2.45) is 0 Å². The summed E-state index contributed by atoms with van der Waals surface area (Å²) in [4.78, 5) is 28.6. The SMILES string of the molecule is Cc1cc(=O)c(C(=O)N2CC(C)OC(C)C2)c[nH]1. The second kappa shape index (κ2) is 4.94. The molecule has 18 heavy (non-hydrogen) atoms. The van der Waals surface area contributed by atoms with E-state index in [1.165, 1.54) is 12.3 Å². The molecule has 0 spiro atoms. The third-order valence-corrected chi connectivity index (χ3v) is 2.99. The van der Waals surface area contributed by atoms with Crippen LogP contribution < -0.4 is 5.43 Å². The Bertz CT molecular complexity index is 499. The number of H-pyrrole nitrogens is 1. The molecule has 0 bridgehead atoms. The van der Waals surface area contributed by atoms with Crippen LogP contribution in [0.1, 0.15) is 29.9 Å². The highest BCUT2D eigenvalue weighted by Gasteiger charge is 2.27. The van der Waals surface area contributed by atoms with Gasteiger partial charge in [-0.15, -0.1) is 0 Å². The molecule has 1 aliphatic rings. The van der Waals surface area contributed by atoms with Crippen LogP contribution in [0.25, 0.3) is 0 Å². The maximum atomic E-state index is 12.3. The number of carbonyl (C=O) groups is 1. The Morgan fingerprint density at radius 2 is 2.00 bits per heavy atom. The van der Waals surface area contributed by atoms with Gasteiger partial charge in [0.25, 0.3) is 5.91 Å². The van der Waals surface area contributed by atoms with Crippen molar-refractivity contribution in [2.75, 3.05) is 13.1 Å². The summed E-state index contributed by atoms with van der Waals surface area (Å²) in [5.41, 5.74) is 0.713. The topological polar surface area (TPSA) is 62.4 Å². The van der Waals surface area contributed by atoms with Crippen LogP contribution in [0.15, 0.2) is 17.1 Å². The summed E-state index contributed by atoms with van der Waals surface area (Å²) in [6.07, 6.45) is 1.49. The summed E-state index contributed by atoms with van der Waals surface area (Å²) in [6, 6.07) is 1.44. The molecule has 98 valence electrons. The van der Waals surface area contributed by atoms with Gasteiger partial charge in [0, 0.05) is 31.0 Å². The molecule has 1 amide bonds. The quantitative estimate of drug-likeness (QED) is 0.806. The molecule has 1 fully saturated rings. The normalized spacial score (nSPS) is 24.1. The maximum absolute atomic E-state index is 12.3. The van der Waals surface area contributed by atoms with Gasteiger partial charge in [-0.1, -0.05) is 0 Å². The number of ether oxygens (including phenoxy) is 1. The molecule has 2 atom stereocenters. The zero-order chi connectivity index (χ0) is 13.3. The lowest BCUT2D eigenvalue weighted by atomic mass is 10.1. The fraction of sp³-hybridized carbons (Fsp3) is 0.538. The lowest BCUT2D eigenvalue weighted by molar-refractivity contribution is -0.0586. The number of morpholine rings is 1. The average molecular weight is 250 g/mol. The number of nitrogens with zero attached hydrogens (tertiary/aromatic N) is 1. The van der Waals surface area contributed by atoms with Gasteiger partial charge >= 0.3 is 0 Å². The zero-order valence-corrected chi connectivity index (χ0v) is 10.9. The van der Waals surface area contributed by atoms with Crippen LogP contribution in [-0.4, -0.2) is 41.1 Å². The summed E-state index contributed by atoms with van der Waals surface area (Å²) in [5, 5.41) is 0. The van der Waals surface area contributed by atoms with Crippen molar-refractivity contribution < 1.29 is 9.53 Å². The average Bonchev–Trinajstić information content (AvgIpc) is 2.26. The predicted octanol–water partition coefficient (Wildman–Crippen LogP) is 0.933. The van der Waals surface area contributed by atoms with Crippen LogP contribution in [0.5, 0.6) is 0 Å². The fourth-order valence-corrected chi connectivity index (χ4v) is 2.25. The molecule has 2 unspecified atom stereocenters. The number of aromatic amines is 1. The second-order valence-electron chi connectivity index (χ2n) is 4.86. The number of aryl methyl sites for hydroxylation is 1. The highest BCUT2D eigenvalue weighted by atomic mass is 16.5. The van der Waals surface area contributed by atoms with Crippen molar-refractivity contribution in [2.45, 2.75) is 33.0 Å². The lowest BCUT2D eigenvalue weighted by Crippen LogP contribution is -2.49. The molecule has 1 aromatic heterocycles. The Labute approximate surface area is 106 Å². The zero-order valence-electron chi connectivity index (χ0n) is 10.9. The fourth-order valence-electron chi connectivity index (χ4n) is 2.25. The van der Waals surface area contributed by atoms with Crippen LogP contribution in [-0.2, 0) is 4.74 Å². The van der Waals surface area contributed by atoms with Crippen molar-refractivity contribution in [1.29, 1.82) is 0 Å². The van der Waals surface area contributed by atoms with Gasteiger partial charge in [-0.25, -0.2) is 0 Å². The molecule has 1 N–H and O–H groups in total. The van der Waals surface area contributed by atoms with E-state index in [1.54, 1.807) is 11.8 Å². The van der Waals surface area contributed by atoms with Gasteiger partial charge in [0.2, 0.25) is 0 Å². The van der Waals surface area contributed by atoms with Crippen LogP contribution in [0.3, 0.4) is 0 Å². The molecule has 0 aromatic carbocycles. The van der Waals surface area contributed by atoms with Crippen molar-refractivity contribution in [3.8, 4) is 0 Å². The smallest absolute Gasteiger partial charge is 0.259 e. The molecule has 0 saturated carbocycles. The minimum atomic E-state index is -0.233. The van der Waals surface area contributed by atoms with Gasteiger partial charge < -0.3 is 14.6 Å². The molecule has 0 aliphatic carbocycles. The highest BCUT2D eigenvalue weighted by Crippen LogP contribution is 2.12. The van der Waals surface area contributed by atoms with E-state index in [4.69, 9.17) is 4.74 Å². The first-order chi connectivity index (χ1) is 8.47. The molecule has 5 heteroatoms. The standard InChI is InChI=1S/C13H18N2O3/c1-8-4-12(16)11(5-14-8)13(17)15-6-9(2)18-10(3)7-15/h4-5,9-10H,6-7H2,1-3H3,(H,14,16). The Hall–Kier alpha value is -1.62. The number of pyridine rings is 1. The molecule has 1 aliphatic heterocycles. The first-order valence-electron chi connectivity index (χ1n) is 6.11. The number of hydrogen-bond acceptors (Lipinski definition) is 3. The van der Waals surface area contributed by atoms with Gasteiger partial charge in [0.1, 0.15) is 5.56 Å². The van der Waals surface area contributed by atoms with Gasteiger partial charge in [-0.05, 0) is 20.8 Å². The molecule has 1 aromatic rings. The van der Waals surface area contributed by atoms with E-state index in [2.05, 4.69) is 4.98 Å². The molecule has 0 radical (unpaired) electrons. The number of carbonyl (C=O) groups excluding carboxylic acids is 1. The van der Waals surface area contributed by atoms with E-state index in [1.807, 2.05) is 13.8 Å². The van der Waals surface area contributed by atoms with Gasteiger partial charge in [-0.3, -0.25) is 9.59 Å². The summed E-state index contributed by atoms with van der Waals surface area (Å²) in [7, 11) is 0. The predicted molar refractivity (Wildman–Crippen MR) is 67.7 cm³/mol. The van der Waals surface area contributed by atoms with Gasteiger partial charge in [-0.2, -0.15) is 0 Å². The Balaban J connectivity index is 2.23. The van der Waals surface area contributed by atoms with Crippen molar-refractivity contribution in [3.63, 3.8) is 0 Å². The van der Waals surface area contributed by atoms with Crippen LogP contribution >= 0.6 is 0 Å². The van der Waals surface area contributed by atoms with Crippen molar-refractivity contribution in [1.82, 2.24) is 9.88 Å². The highest BCUT2D eigenvalue weighted by molar-refractivity contribution is 5.93. The van der Waals surface area contributed by atoms with E-state index in [-0.39, 0.29) is 29.1 Å². The third-order valence-electron chi connectivity index (χ3n) is 2.99. The minimum Gasteiger partial charge on any atom is -0.372 e. The number of amides is 1. The number of hydrogen-bond donors (Lipinski definition) is 1. The summed E-state index contributed by atoms with van der Waals surface area (Å²) < 4.78 is 5.57. The van der Waals surface area contributed by atoms with Crippen LogP contribution in [0, 0.1) is 6.92 Å². The lowest BCUT2D eigenvalue weighted by Gasteiger charge is -2.35. The van der Waals surface area contributed by atoms with E-state index >= 15 is 0 Å². The van der Waals surface area contributed by atoms with Crippen molar-refractivity contribution in [3.05, 3.63) is 33.7 Å². The van der Waals surface area contributed by atoms with E-state index in [0.29, 0.717) is 13.1 Å². The Morgan fingerprint density at radius 3 is 2.56 bits per heavy atom. The minimum absolute atomic E-state index is 0.00206. The Morgan fingerprint density at radius 1 is 1.39 bits per heavy atom. The number of nitrogens with one attached hydrogen (secondary N) is 1. The van der Waals surface area contributed by atoms with Crippen LogP contribution in [0.2, 0.25) is 0 Å². The third kappa shape index (κ3) is 2.61. The van der Waals surface area contributed by atoms with E-state index in [9.17, 15) is 9.59 Å². The first-order valence-corrected chi connectivity index (χ1v) is 6.11. The maximum Gasteiger partial charge on any atom is 0.259 e. The van der Waals surface area contributed by atoms with Crippen molar-refractivity contribution >= 4 is 5.91 Å². The molecule has 1 saturated heterocycles. The van der Waals surface area contributed by atoms with Gasteiger partial charge in [0.05, 0.1) is 12.2 Å². The number of aromatic nitrogens is 1. The van der Waals surface area contributed by atoms with E-state index < -0.39 is 0 Å². The van der Waals surface area contributed by atoms with Crippen LogP contribution in [0.4, 0.5) is 0 Å². The summed E-state index contributed by atoms with van der Waals surface area (Å²) >= 11 is 0. The number of rotatable bonds is 1. The molecular formula is C13H18N2O3. The molecular weight excluding hydrogens is 232 g/mol. The largest absolute Gasteiger partial charge is 0.372 e. The van der Waals surface area contributed by atoms with Gasteiger partial charge in [0.15, 0.2) is 5.43 Å². The van der Waals surface area contributed by atoms with E-state index in [0.717, 1.165) is 5.69 Å². The monoisotopic (exact) mass is 250 g/mol. The summed E-state index contributed by atoms with van der Waals surface area (Å²) in [6.45, 7) is 6.69. The molecule has 2 rings (SSSR count). The summed E-state index contributed by atoms with van der Waals surface area (Å²) in [5.74, 6) is -0.224. The second-order valence-corrected chi connectivity index (χ2v) is 4.86. The first kappa shape index (κ1) is 12.8.